The number of ether oxygens (including phenoxy) is 1. The van der Waals surface area contributed by atoms with E-state index in [9.17, 15) is 19.8 Å². The first-order chi connectivity index (χ1) is 13.7. The summed E-state index contributed by atoms with van der Waals surface area (Å²) in [5.41, 5.74) is 0.521. The van der Waals surface area contributed by atoms with Crippen molar-refractivity contribution in [3.05, 3.63) is 23.8 Å². The van der Waals surface area contributed by atoms with Gasteiger partial charge in [0.2, 0.25) is 0 Å². The van der Waals surface area contributed by atoms with Crippen LogP contribution < -0.4 is 0 Å². The summed E-state index contributed by atoms with van der Waals surface area (Å²) in [4.78, 5) is 24.0. The second-order valence-electron chi connectivity index (χ2n) is 9.75. The van der Waals surface area contributed by atoms with E-state index in [1.54, 1.807) is 0 Å². The lowest BCUT2D eigenvalue weighted by Crippen LogP contribution is -2.46. The fourth-order valence-electron chi connectivity index (χ4n) is 5.82. The molecule has 1 aliphatic heterocycles. The van der Waals surface area contributed by atoms with Crippen LogP contribution in [0, 0.1) is 35.0 Å². The monoisotopic (exact) mass is 404 g/mol. The Bertz CT molecular complexity index is 695. The van der Waals surface area contributed by atoms with Crippen LogP contribution >= 0.6 is 0 Å². The maximum absolute atomic E-state index is 12.3. The highest BCUT2D eigenvalue weighted by Crippen LogP contribution is 2.53. The number of hydrogen-bond donors (Lipinski definition) is 2. The number of rotatable bonds is 6. The summed E-state index contributed by atoms with van der Waals surface area (Å²) < 4.78 is 5.46. The second-order valence-corrected chi connectivity index (χ2v) is 9.75. The van der Waals surface area contributed by atoms with Crippen molar-refractivity contribution in [2.45, 2.75) is 78.4 Å². The lowest BCUT2D eigenvalue weighted by molar-refractivity contribution is -0.161. The molecule has 5 nitrogen and oxygen atoms in total. The molecule has 0 aromatic heterocycles. The lowest BCUT2D eigenvalue weighted by Gasteiger charge is -2.49. The minimum atomic E-state index is -0.755. The van der Waals surface area contributed by atoms with Gasteiger partial charge in [0.05, 0.1) is 17.9 Å². The molecule has 0 radical (unpaired) electrons. The first-order valence-electron chi connectivity index (χ1n) is 11.2. The molecular formula is C24H36O5. The van der Waals surface area contributed by atoms with Gasteiger partial charge in [-0.2, -0.15) is 0 Å². The maximum atomic E-state index is 12.3. The zero-order chi connectivity index (χ0) is 21.3. The van der Waals surface area contributed by atoms with Gasteiger partial charge in [-0.3, -0.25) is 9.59 Å². The third kappa shape index (κ3) is 4.45. The number of fused-ring (bicyclic) bond motifs is 1. The van der Waals surface area contributed by atoms with Crippen molar-refractivity contribution in [3.63, 3.8) is 0 Å². The van der Waals surface area contributed by atoms with Crippen molar-refractivity contribution in [1.29, 1.82) is 0 Å². The van der Waals surface area contributed by atoms with Gasteiger partial charge in [-0.1, -0.05) is 39.0 Å². The molecule has 0 spiro atoms. The number of allylic oxidation sites excluding steroid dienone is 4. The van der Waals surface area contributed by atoms with Crippen LogP contribution in [0.15, 0.2) is 23.8 Å². The molecule has 29 heavy (non-hydrogen) atoms. The van der Waals surface area contributed by atoms with E-state index in [0.29, 0.717) is 37.0 Å². The zero-order valence-corrected chi connectivity index (χ0v) is 18.1. The molecular weight excluding hydrogens is 368 g/mol. The Hall–Kier alpha value is -1.62. The minimum absolute atomic E-state index is 0.0805. The summed E-state index contributed by atoms with van der Waals surface area (Å²) in [6.07, 6.45) is 9.58. The zero-order valence-electron chi connectivity index (χ0n) is 18.1. The summed E-state index contributed by atoms with van der Waals surface area (Å²) in [5.74, 6) is 0.278. The third-order valence-corrected chi connectivity index (χ3v) is 7.75. The number of esters is 1. The van der Waals surface area contributed by atoms with E-state index in [2.05, 4.69) is 32.1 Å². The molecule has 1 fully saturated rings. The minimum Gasteiger partial charge on any atom is -0.481 e. The van der Waals surface area contributed by atoms with Crippen LogP contribution in [0.25, 0.3) is 0 Å². The Morgan fingerprint density at radius 1 is 1.28 bits per heavy atom. The summed E-state index contributed by atoms with van der Waals surface area (Å²) in [6.45, 7) is 8.28. The van der Waals surface area contributed by atoms with E-state index in [1.807, 2.05) is 13.8 Å². The summed E-state index contributed by atoms with van der Waals surface area (Å²) in [5, 5.41) is 20.0. The number of cyclic esters (lactones) is 1. The van der Waals surface area contributed by atoms with Crippen molar-refractivity contribution < 1.29 is 24.5 Å². The number of aliphatic hydroxyl groups excluding tert-OH is 1. The van der Waals surface area contributed by atoms with Crippen LogP contribution in [0.1, 0.15) is 66.2 Å². The molecule has 1 saturated heterocycles. The summed E-state index contributed by atoms with van der Waals surface area (Å²) in [6, 6.07) is 0. The highest BCUT2D eigenvalue weighted by Gasteiger charge is 2.50. The molecule has 0 unspecified atom stereocenters. The lowest BCUT2D eigenvalue weighted by atomic mass is 9.55. The Morgan fingerprint density at radius 2 is 2.00 bits per heavy atom. The normalized spacial score (nSPS) is 39.1. The number of hydrogen-bond acceptors (Lipinski definition) is 4. The smallest absolute Gasteiger partial charge is 0.309 e. The average Bonchev–Trinajstić information content (AvgIpc) is 2.65. The number of carbonyl (C=O) groups is 2. The van der Waals surface area contributed by atoms with Gasteiger partial charge in [-0.25, -0.2) is 0 Å². The Morgan fingerprint density at radius 3 is 2.62 bits per heavy atom. The van der Waals surface area contributed by atoms with Gasteiger partial charge >= 0.3 is 11.9 Å². The van der Waals surface area contributed by atoms with E-state index >= 15 is 0 Å². The molecule has 0 saturated carbocycles. The van der Waals surface area contributed by atoms with Gasteiger partial charge < -0.3 is 14.9 Å². The largest absolute Gasteiger partial charge is 0.481 e. The molecule has 3 rings (SSSR count). The van der Waals surface area contributed by atoms with Gasteiger partial charge in [0.25, 0.3) is 0 Å². The van der Waals surface area contributed by atoms with E-state index < -0.39 is 17.5 Å². The van der Waals surface area contributed by atoms with E-state index in [-0.39, 0.29) is 30.3 Å². The van der Waals surface area contributed by atoms with Crippen LogP contribution in [0.3, 0.4) is 0 Å². The molecule has 1 heterocycles. The highest BCUT2D eigenvalue weighted by atomic mass is 16.5. The number of aliphatic hydroxyl groups is 1. The van der Waals surface area contributed by atoms with Gasteiger partial charge in [0.1, 0.15) is 6.10 Å². The van der Waals surface area contributed by atoms with Crippen molar-refractivity contribution in [3.8, 4) is 0 Å². The molecule has 0 amide bonds. The molecule has 162 valence electrons. The Labute approximate surface area is 174 Å². The van der Waals surface area contributed by atoms with Crippen molar-refractivity contribution in [1.82, 2.24) is 0 Å². The Balaban J connectivity index is 1.85. The third-order valence-electron chi connectivity index (χ3n) is 7.75. The highest BCUT2D eigenvalue weighted by molar-refractivity contribution is 5.74. The van der Waals surface area contributed by atoms with Crippen LogP contribution in [0.5, 0.6) is 0 Å². The predicted molar refractivity (Wildman–Crippen MR) is 111 cm³/mol. The van der Waals surface area contributed by atoms with Gasteiger partial charge in [-0.05, 0) is 67.8 Å². The van der Waals surface area contributed by atoms with E-state index in [1.165, 1.54) is 5.57 Å². The SMILES string of the molecule is CC[C@](C)(C(=O)O)[C@H]1C[C@H](C)C=C2C=C[C@@H](C)[C@@H](CC[C@@H]3C[C@H](O)CC(=O)O3)[C@H]21. The maximum Gasteiger partial charge on any atom is 0.309 e. The second kappa shape index (κ2) is 8.63. The molecule has 8 atom stereocenters. The fraction of sp³-hybridized carbons (Fsp3) is 0.750. The molecule has 5 heteroatoms. The fourth-order valence-corrected chi connectivity index (χ4v) is 5.82. The molecule has 2 aliphatic carbocycles. The molecule has 0 aromatic carbocycles. The van der Waals surface area contributed by atoms with Crippen LogP contribution in [-0.4, -0.2) is 34.4 Å². The summed E-state index contributed by atoms with van der Waals surface area (Å²) in [7, 11) is 0. The predicted octanol–water partition coefficient (Wildman–Crippen LogP) is 4.35. The van der Waals surface area contributed by atoms with Crippen LogP contribution in [-0.2, 0) is 14.3 Å². The number of carboxylic acids is 1. The van der Waals surface area contributed by atoms with E-state index in [0.717, 1.165) is 12.8 Å². The van der Waals surface area contributed by atoms with Crippen LogP contribution in [0.2, 0.25) is 0 Å². The van der Waals surface area contributed by atoms with Crippen molar-refractivity contribution >= 4 is 11.9 Å². The number of carboxylic acid groups (broad SMARTS) is 1. The quantitative estimate of drug-likeness (QED) is 0.643. The van der Waals surface area contributed by atoms with Crippen molar-refractivity contribution in [2.75, 3.05) is 0 Å². The average molecular weight is 405 g/mol. The molecule has 0 aromatic rings. The standard InChI is InChI=1S/C24H36O5/c1-5-24(4,23(27)28)20-11-14(2)10-16-7-6-15(3)19(22(16)20)9-8-18-12-17(25)13-21(26)29-18/h6-7,10,14-15,17-20,22,25H,5,8-9,11-13H2,1-4H3,(H,27,28)/t14-,15-,17+,18-,19-,20+,22+,24+/m1/s1. The molecule has 0 bridgehead atoms. The van der Waals surface area contributed by atoms with Gasteiger partial charge in [-0.15, -0.1) is 0 Å². The first kappa shape index (κ1) is 22.1. The number of carbonyl (C=O) groups excluding carboxylic acids is 1. The summed E-state index contributed by atoms with van der Waals surface area (Å²) >= 11 is 0. The number of aliphatic carboxylic acids is 1. The van der Waals surface area contributed by atoms with Crippen LogP contribution in [0.4, 0.5) is 0 Å². The molecule has 3 aliphatic rings. The van der Waals surface area contributed by atoms with Crippen molar-refractivity contribution in [2.24, 2.45) is 35.0 Å². The topological polar surface area (TPSA) is 83.8 Å². The first-order valence-corrected chi connectivity index (χ1v) is 11.2. The van der Waals surface area contributed by atoms with Gasteiger partial charge in [0, 0.05) is 6.42 Å². The Kier molecular flexibility index (Phi) is 6.57. The van der Waals surface area contributed by atoms with Gasteiger partial charge in [0.15, 0.2) is 0 Å². The van der Waals surface area contributed by atoms with E-state index in [4.69, 9.17) is 4.74 Å². The molecule has 2 N–H and O–H groups in total.